The molecule has 1 heterocycles. The lowest BCUT2D eigenvalue weighted by molar-refractivity contribution is -0.152. The molecule has 1 amide bonds. The second-order valence-electron chi connectivity index (χ2n) is 4.69. The Hall–Kier alpha value is -1.91. The van der Waals surface area contributed by atoms with Crippen molar-refractivity contribution in [3.8, 4) is 0 Å². The first-order valence-corrected chi connectivity index (χ1v) is 5.95. The standard InChI is InChI=1S/C13H16N2O3/c1-15(9-5-10-4-2-3-8-14-10)11(16)13(6-7-13)12(17)18/h2-4,8H,5-7,9H2,1H3,(H,17,18). The molecular formula is C13H16N2O3. The molecule has 1 aromatic rings. The normalized spacial score (nSPS) is 16.1. The van der Waals surface area contributed by atoms with Gasteiger partial charge < -0.3 is 10.0 Å². The molecule has 0 radical (unpaired) electrons. The highest BCUT2D eigenvalue weighted by molar-refractivity contribution is 6.04. The summed E-state index contributed by atoms with van der Waals surface area (Å²) in [6.45, 7) is 0.491. The SMILES string of the molecule is CN(CCc1ccccn1)C(=O)C1(C(=O)O)CC1. The van der Waals surface area contributed by atoms with Crippen LogP contribution in [0.1, 0.15) is 18.5 Å². The van der Waals surface area contributed by atoms with Crippen molar-refractivity contribution in [2.75, 3.05) is 13.6 Å². The number of amides is 1. The number of pyridine rings is 1. The van der Waals surface area contributed by atoms with Crippen molar-refractivity contribution in [2.24, 2.45) is 5.41 Å². The quantitative estimate of drug-likeness (QED) is 0.787. The first-order chi connectivity index (χ1) is 8.56. The van der Waals surface area contributed by atoms with Crippen molar-refractivity contribution < 1.29 is 14.7 Å². The Labute approximate surface area is 105 Å². The molecule has 1 N–H and O–H groups in total. The predicted octanol–water partition coefficient (Wildman–Crippen LogP) is 0.947. The van der Waals surface area contributed by atoms with Crippen LogP contribution in [-0.2, 0) is 16.0 Å². The fourth-order valence-electron chi connectivity index (χ4n) is 1.94. The van der Waals surface area contributed by atoms with Crippen molar-refractivity contribution >= 4 is 11.9 Å². The van der Waals surface area contributed by atoms with Crippen LogP contribution in [0.15, 0.2) is 24.4 Å². The van der Waals surface area contributed by atoms with E-state index in [9.17, 15) is 9.59 Å². The molecule has 0 aromatic carbocycles. The molecule has 18 heavy (non-hydrogen) atoms. The molecule has 1 aromatic heterocycles. The number of hydrogen-bond donors (Lipinski definition) is 1. The Bertz CT molecular complexity index is 455. The summed E-state index contributed by atoms with van der Waals surface area (Å²) in [5.41, 5.74) is -0.240. The molecule has 0 saturated heterocycles. The predicted molar refractivity (Wildman–Crippen MR) is 64.9 cm³/mol. The summed E-state index contributed by atoms with van der Waals surface area (Å²) in [7, 11) is 1.65. The van der Waals surface area contributed by atoms with Gasteiger partial charge in [-0.1, -0.05) is 6.07 Å². The Morgan fingerprint density at radius 3 is 2.67 bits per heavy atom. The number of carboxylic acids is 1. The monoisotopic (exact) mass is 248 g/mol. The molecule has 0 unspecified atom stereocenters. The highest BCUT2D eigenvalue weighted by atomic mass is 16.4. The Morgan fingerprint density at radius 2 is 2.17 bits per heavy atom. The molecule has 1 saturated carbocycles. The van der Waals surface area contributed by atoms with Gasteiger partial charge in [-0.05, 0) is 25.0 Å². The average molecular weight is 248 g/mol. The Balaban J connectivity index is 1.91. The third kappa shape index (κ3) is 2.34. The number of aliphatic carboxylic acids is 1. The van der Waals surface area contributed by atoms with E-state index >= 15 is 0 Å². The van der Waals surface area contributed by atoms with Crippen LogP contribution < -0.4 is 0 Å². The minimum Gasteiger partial charge on any atom is -0.480 e. The average Bonchev–Trinajstić information content (AvgIpc) is 3.17. The third-order valence-electron chi connectivity index (χ3n) is 3.34. The van der Waals surface area contributed by atoms with Gasteiger partial charge in [0.15, 0.2) is 0 Å². The van der Waals surface area contributed by atoms with Gasteiger partial charge in [0, 0.05) is 31.9 Å². The van der Waals surface area contributed by atoms with E-state index in [1.165, 1.54) is 4.90 Å². The van der Waals surface area contributed by atoms with Crippen molar-refractivity contribution in [1.29, 1.82) is 0 Å². The second-order valence-corrected chi connectivity index (χ2v) is 4.69. The van der Waals surface area contributed by atoms with Gasteiger partial charge in [0.05, 0.1) is 0 Å². The molecule has 0 bridgehead atoms. The minimum absolute atomic E-state index is 0.286. The van der Waals surface area contributed by atoms with Gasteiger partial charge in [-0.25, -0.2) is 0 Å². The minimum atomic E-state index is -1.14. The maximum absolute atomic E-state index is 12.0. The second kappa shape index (κ2) is 4.76. The van der Waals surface area contributed by atoms with Gasteiger partial charge in [-0.3, -0.25) is 14.6 Å². The van der Waals surface area contributed by atoms with E-state index < -0.39 is 11.4 Å². The summed E-state index contributed by atoms with van der Waals surface area (Å²) < 4.78 is 0. The molecule has 2 rings (SSSR count). The van der Waals surface area contributed by atoms with Gasteiger partial charge in [-0.15, -0.1) is 0 Å². The zero-order chi connectivity index (χ0) is 13.2. The maximum Gasteiger partial charge on any atom is 0.319 e. The number of carboxylic acid groups (broad SMARTS) is 1. The lowest BCUT2D eigenvalue weighted by atomic mass is 10.1. The van der Waals surface area contributed by atoms with Crippen LogP contribution in [0.4, 0.5) is 0 Å². The molecule has 1 aliphatic carbocycles. The smallest absolute Gasteiger partial charge is 0.319 e. The molecule has 1 fully saturated rings. The summed E-state index contributed by atoms with van der Waals surface area (Å²) in [5.74, 6) is -1.29. The Morgan fingerprint density at radius 1 is 1.44 bits per heavy atom. The molecule has 1 aliphatic rings. The van der Waals surface area contributed by atoms with Crippen molar-refractivity contribution in [2.45, 2.75) is 19.3 Å². The largest absolute Gasteiger partial charge is 0.480 e. The summed E-state index contributed by atoms with van der Waals surface area (Å²) in [6, 6.07) is 5.62. The first-order valence-electron chi connectivity index (χ1n) is 5.95. The number of aromatic nitrogens is 1. The van der Waals surface area contributed by atoms with Gasteiger partial charge in [0.1, 0.15) is 5.41 Å². The van der Waals surface area contributed by atoms with E-state index in [1.807, 2.05) is 18.2 Å². The molecule has 0 atom stereocenters. The highest BCUT2D eigenvalue weighted by Crippen LogP contribution is 2.47. The molecule has 0 aliphatic heterocycles. The number of nitrogens with zero attached hydrogens (tertiary/aromatic N) is 2. The van der Waals surface area contributed by atoms with Crippen molar-refractivity contribution in [1.82, 2.24) is 9.88 Å². The number of rotatable bonds is 5. The lowest BCUT2D eigenvalue weighted by Gasteiger charge is -2.20. The van der Waals surface area contributed by atoms with E-state index in [1.54, 1.807) is 13.2 Å². The molecular weight excluding hydrogens is 232 g/mol. The van der Waals surface area contributed by atoms with E-state index in [0.717, 1.165) is 5.69 Å². The van der Waals surface area contributed by atoms with E-state index in [2.05, 4.69) is 4.98 Å². The molecule has 5 nitrogen and oxygen atoms in total. The summed E-state index contributed by atoms with van der Waals surface area (Å²) >= 11 is 0. The zero-order valence-electron chi connectivity index (χ0n) is 10.3. The summed E-state index contributed by atoms with van der Waals surface area (Å²) in [5, 5.41) is 9.05. The van der Waals surface area contributed by atoms with Crippen LogP contribution in [0.5, 0.6) is 0 Å². The lowest BCUT2D eigenvalue weighted by Crippen LogP contribution is -2.39. The molecule has 0 spiro atoms. The highest BCUT2D eigenvalue weighted by Gasteiger charge is 2.58. The van der Waals surface area contributed by atoms with Gasteiger partial charge in [-0.2, -0.15) is 0 Å². The van der Waals surface area contributed by atoms with E-state index in [-0.39, 0.29) is 5.91 Å². The summed E-state index contributed by atoms with van der Waals surface area (Å²) in [4.78, 5) is 28.7. The third-order valence-corrected chi connectivity index (χ3v) is 3.34. The number of carbonyl (C=O) groups is 2. The van der Waals surface area contributed by atoms with Crippen LogP contribution in [0.3, 0.4) is 0 Å². The number of likely N-dealkylation sites (N-methyl/N-ethyl adjacent to an activating group) is 1. The molecule has 96 valence electrons. The van der Waals surface area contributed by atoms with Crippen LogP contribution in [0, 0.1) is 5.41 Å². The Kier molecular flexibility index (Phi) is 3.32. The van der Waals surface area contributed by atoms with Gasteiger partial charge in [0.2, 0.25) is 5.91 Å². The maximum atomic E-state index is 12.0. The van der Waals surface area contributed by atoms with E-state index in [0.29, 0.717) is 25.8 Å². The molecule has 5 heteroatoms. The summed E-state index contributed by atoms with van der Waals surface area (Å²) in [6.07, 6.45) is 3.25. The number of hydrogen-bond acceptors (Lipinski definition) is 3. The van der Waals surface area contributed by atoms with E-state index in [4.69, 9.17) is 5.11 Å². The fourth-order valence-corrected chi connectivity index (χ4v) is 1.94. The van der Waals surface area contributed by atoms with Crippen LogP contribution >= 0.6 is 0 Å². The van der Waals surface area contributed by atoms with Gasteiger partial charge in [0.25, 0.3) is 0 Å². The topological polar surface area (TPSA) is 70.5 Å². The van der Waals surface area contributed by atoms with Crippen LogP contribution in [0.25, 0.3) is 0 Å². The van der Waals surface area contributed by atoms with Crippen LogP contribution in [0.2, 0.25) is 0 Å². The number of carbonyl (C=O) groups excluding carboxylic acids is 1. The van der Waals surface area contributed by atoms with Crippen molar-refractivity contribution in [3.05, 3.63) is 30.1 Å². The zero-order valence-corrected chi connectivity index (χ0v) is 10.3. The van der Waals surface area contributed by atoms with Gasteiger partial charge >= 0.3 is 5.97 Å². The van der Waals surface area contributed by atoms with Crippen molar-refractivity contribution in [3.63, 3.8) is 0 Å². The fraction of sp³-hybridized carbons (Fsp3) is 0.462. The van der Waals surface area contributed by atoms with Crippen LogP contribution in [-0.4, -0.2) is 40.5 Å². The first kappa shape index (κ1) is 12.5.